The maximum absolute atomic E-state index is 12.6. The van der Waals surface area contributed by atoms with Gasteiger partial charge in [0.25, 0.3) is 0 Å². The summed E-state index contributed by atoms with van der Waals surface area (Å²) in [6.07, 6.45) is 2.45. The first kappa shape index (κ1) is 13.7. The highest BCUT2D eigenvalue weighted by Crippen LogP contribution is 2.30. The molecule has 2 aromatic carbocycles. The summed E-state index contributed by atoms with van der Waals surface area (Å²) in [6.45, 7) is 0.797. The van der Waals surface area contributed by atoms with Gasteiger partial charge in [-0.2, -0.15) is 0 Å². The van der Waals surface area contributed by atoms with E-state index in [0.717, 1.165) is 36.4 Å². The molecule has 1 aliphatic heterocycles. The fourth-order valence-corrected chi connectivity index (χ4v) is 2.83. The SMILES string of the molecule is COc1ccc2c(c1)CCCN2C(=O)Cc1ccccc1. The van der Waals surface area contributed by atoms with Crippen molar-refractivity contribution in [1.29, 1.82) is 0 Å². The molecule has 0 saturated carbocycles. The van der Waals surface area contributed by atoms with Crippen LogP contribution in [-0.4, -0.2) is 19.6 Å². The van der Waals surface area contributed by atoms with Crippen molar-refractivity contribution in [3.05, 3.63) is 59.7 Å². The molecule has 0 bridgehead atoms. The number of fused-ring (bicyclic) bond motifs is 1. The molecule has 0 aromatic heterocycles. The van der Waals surface area contributed by atoms with Crippen LogP contribution < -0.4 is 9.64 Å². The van der Waals surface area contributed by atoms with Crippen LogP contribution in [0, 0.1) is 0 Å². The molecule has 0 atom stereocenters. The molecule has 0 fully saturated rings. The van der Waals surface area contributed by atoms with E-state index < -0.39 is 0 Å². The predicted molar refractivity (Wildman–Crippen MR) is 83.8 cm³/mol. The highest BCUT2D eigenvalue weighted by atomic mass is 16.5. The molecular weight excluding hydrogens is 262 g/mol. The number of carbonyl (C=O) groups is 1. The molecule has 0 aliphatic carbocycles. The molecule has 0 radical (unpaired) electrons. The second-order valence-electron chi connectivity index (χ2n) is 5.31. The third kappa shape index (κ3) is 2.92. The Morgan fingerprint density at radius 1 is 1.19 bits per heavy atom. The van der Waals surface area contributed by atoms with E-state index >= 15 is 0 Å². The third-order valence-electron chi connectivity index (χ3n) is 3.90. The zero-order valence-electron chi connectivity index (χ0n) is 12.2. The quantitative estimate of drug-likeness (QED) is 0.864. The average molecular weight is 281 g/mol. The highest BCUT2D eigenvalue weighted by Gasteiger charge is 2.22. The first-order chi connectivity index (χ1) is 10.3. The fourth-order valence-electron chi connectivity index (χ4n) is 2.83. The van der Waals surface area contributed by atoms with E-state index in [1.54, 1.807) is 7.11 Å². The summed E-state index contributed by atoms with van der Waals surface area (Å²) in [7, 11) is 1.67. The van der Waals surface area contributed by atoms with E-state index in [-0.39, 0.29) is 5.91 Å². The molecule has 1 aliphatic rings. The predicted octanol–water partition coefficient (Wildman–Crippen LogP) is 3.22. The molecule has 0 unspecified atom stereocenters. The molecule has 3 nitrogen and oxygen atoms in total. The Hall–Kier alpha value is -2.29. The number of ether oxygens (including phenoxy) is 1. The van der Waals surface area contributed by atoms with Crippen molar-refractivity contribution in [1.82, 2.24) is 0 Å². The Balaban J connectivity index is 1.83. The first-order valence-corrected chi connectivity index (χ1v) is 7.29. The molecule has 108 valence electrons. The van der Waals surface area contributed by atoms with Crippen LogP contribution in [0.15, 0.2) is 48.5 Å². The molecule has 1 heterocycles. The zero-order chi connectivity index (χ0) is 14.7. The van der Waals surface area contributed by atoms with Crippen LogP contribution in [0.25, 0.3) is 0 Å². The zero-order valence-corrected chi connectivity index (χ0v) is 12.2. The summed E-state index contributed by atoms with van der Waals surface area (Å²) in [6, 6.07) is 15.9. The monoisotopic (exact) mass is 281 g/mol. The number of anilines is 1. The second kappa shape index (κ2) is 6.00. The summed E-state index contributed by atoms with van der Waals surface area (Å²) in [4.78, 5) is 14.5. The number of amides is 1. The van der Waals surface area contributed by atoms with Gasteiger partial charge >= 0.3 is 0 Å². The van der Waals surface area contributed by atoms with Gasteiger partial charge in [0, 0.05) is 12.2 Å². The van der Waals surface area contributed by atoms with Gasteiger partial charge in [0.15, 0.2) is 0 Å². The van der Waals surface area contributed by atoms with E-state index in [9.17, 15) is 4.79 Å². The molecule has 2 aromatic rings. The lowest BCUT2D eigenvalue weighted by molar-refractivity contribution is -0.118. The fraction of sp³-hybridized carbons (Fsp3) is 0.278. The number of nitrogens with zero attached hydrogens (tertiary/aromatic N) is 1. The van der Waals surface area contributed by atoms with Crippen LogP contribution in [0.2, 0.25) is 0 Å². The lowest BCUT2D eigenvalue weighted by Gasteiger charge is -2.30. The van der Waals surface area contributed by atoms with Gasteiger partial charge in [0.2, 0.25) is 5.91 Å². The number of hydrogen-bond donors (Lipinski definition) is 0. The van der Waals surface area contributed by atoms with Gasteiger partial charge in [0.05, 0.1) is 13.5 Å². The molecular formula is C18H19NO2. The van der Waals surface area contributed by atoms with Crippen molar-refractivity contribution in [2.75, 3.05) is 18.6 Å². The van der Waals surface area contributed by atoms with Crippen molar-refractivity contribution < 1.29 is 9.53 Å². The lowest BCUT2D eigenvalue weighted by atomic mass is 10.0. The summed E-state index contributed by atoms with van der Waals surface area (Å²) in [5, 5.41) is 0. The highest BCUT2D eigenvalue weighted by molar-refractivity contribution is 5.96. The number of carbonyl (C=O) groups excluding carboxylic acids is 1. The van der Waals surface area contributed by atoms with Crippen LogP contribution in [0.5, 0.6) is 5.75 Å². The van der Waals surface area contributed by atoms with Crippen LogP contribution >= 0.6 is 0 Å². The van der Waals surface area contributed by atoms with E-state index in [0.29, 0.717) is 6.42 Å². The number of methoxy groups -OCH3 is 1. The van der Waals surface area contributed by atoms with Crippen LogP contribution in [0.3, 0.4) is 0 Å². The minimum Gasteiger partial charge on any atom is -0.497 e. The summed E-state index contributed by atoms with van der Waals surface area (Å²) in [5.41, 5.74) is 3.29. The molecule has 1 amide bonds. The summed E-state index contributed by atoms with van der Waals surface area (Å²) in [5.74, 6) is 1.01. The van der Waals surface area contributed by atoms with E-state index in [1.807, 2.05) is 53.4 Å². The van der Waals surface area contributed by atoms with Crippen molar-refractivity contribution in [2.45, 2.75) is 19.3 Å². The maximum atomic E-state index is 12.6. The molecule has 0 spiro atoms. The smallest absolute Gasteiger partial charge is 0.231 e. The van der Waals surface area contributed by atoms with Gasteiger partial charge in [-0.3, -0.25) is 4.79 Å². The van der Waals surface area contributed by atoms with Crippen molar-refractivity contribution >= 4 is 11.6 Å². The summed E-state index contributed by atoms with van der Waals surface area (Å²) >= 11 is 0. The van der Waals surface area contributed by atoms with Gasteiger partial charge in [0.1, 0.15) is 5.75 Å². The van der Waals surface area contributed by atoms with Gasteiger partial charge < -0.3 is 9.64 Å². The third-order valence-corrected chi connectivity index (χ3v) is 3.90. The van der Waals surface area contributed by atoms with Gasteiger partial charge in [-0.1, -0.05) is 30.3 Å². The molecule has 0 saturated heterocycles. The molecule has 0 N–H and O–H groups in total. The normalized spacial score (nSPS) is 13.7. The summed E-state index contributed by atoms with van der Waals surface area (Å²) < 4.78 is 5.27. The largest absolute Gasteiger partial charge is 0.497 e. The van der Waals surface area contributed by atoms with E-state index in [4.69, 9.17) is 4.74 Å². The van der Waals surface area contributed by atoms with Crippen molar-refractivity contribution in [3.63, 3.8) is 0 Å². The Morgan fingerprint density at radius 2 is 2.00 bits per heavy atom. The second-order valence-corrected chi connectivity index (χ2v) is 5.31. The van der Waals surface area contributed by atoms with Crippen LogP contribution in [-0.2, 0) is 17.6 Å². The lowest BCUT2D eigenvalue weighted by Crippen LogP contribution is -2.36. The van der Waals surface area contributed by atoms with Gasteiger partial charge in [-0.25, -0.2) is 0 Å². The Morgan fingerprint density at radius 3 is 2.76 bits per heavy atom. The number of rotatable bonds is 3. The van der Waals surface area contributed by atoms with E-state index in [2.05, 4.69) is 0 Å². The van der Waals surface area contributed by atoms with Crippen molar-refractivity contribution in [2.24, 2.45) is 0 Å². The van der Waals surface area contributed by atoms with Crippen LogP contribution in [0.4, 0.5) is 5.69 Å². The minimum atomic E-state index is 0.160. The first-order valence-electron chi connectivity index (χ1n) is 7.29. The van der Waals surface area contributed by atoms with Gasteiger partial charge in [-0.05, 0) is 42.2 Å². The molecule has 21 heavy (non-hydrogen) atoms. The maximum Gasteiger partial charge on any atom is 0.231 e. The Kier molecular flexibility index (Phi) is 3.91. The minimum absolute atomic E-state index is 0.160. The Bertz CT molecular complexity index is 637. The standard InChI is InChI=1S/C18H19NO2/c1-21-16-9-10-17-15(13-16)8-5-11-19(17)18(20)12-14-6-3-2-4-7-14/h2-4,6-7,9-10,13H,5,8,11-12H2,1H3. The number of hydrogen-bond acceptors (Lipinski definition) is 2. The van der Waals surface area contributed by atoms with E-state index in [1.165, 1.54) is 5.56 Å². The van der Waals surface area contributed by atoms with Gasteiger partial charge in [-0.15, -0.1) is 0 Å². The Labute approximate surface area is 125 Å². The van der Waals surface area contributed by atoms with Crippen LogP contribution in [0.1, 0.15) is 17.5 Å². The number of benzene rings is 2. The topological polar surface area (TPSA) is 29.5 Å². The number of aryl methyl sites for hydroxylation is 1. The van der Waals surface area contributed by atoms with Crippen molar-refractivity contribution in [3.8, 4) is 5.75 Å². The average Bonchev–Trinajstić information content (AvgIpc) is 2.54. The molecule has 3 rings (SSSR count). The molecule has 3 heteroatoms.